The molecule has 2 heterocycles. The second kappa shape index (κ2) is 7.05. The molecule has 1 aromatic carbocycles. The van der Waals surface area contributed by atoms with Crippen LogP contribution in [0.3, 0.4) is 0 Å². The molecule has 0 saturated heterocycles. The number of benzene rings is 1. The molecular weight excluding hydrogens is 312 g/mol. The lowest BCUT2D eigenvalue weighted by Crippen LogP contribution is -2.17. The number of hydrogen-bond acceptors (Lipinski definition) is 3. The van der Waals surface area contributed by atoms with Gasteiger partial charge in [-0.25, -0.2) is 9.97 Å². The number of rotatable bonds is 5. The Hall–Kier alpha value is -2.69. The first-order valence-corrected chi connectivity index (χ1v) is 8.61. The fourth-order valence-electron chi connectivity index (χ4n) is 2.78. The van der Waals surface area contributed by atoms with Crippen LogP contribution in [0.25, 0.3) is 10.9 Å². The van der Waals surface area contributed by atoms with Crippen molar-refractivity contribution in [3.8, 4) is 0 Å². The largest absolute Gasteiger partial charge is 0.361 e. The number of carbonyl (C=O) groups excluding carboxylic acids is 1. The molecule has 1 amide bonds. The summed E-state index contributed by atoms with van der Waals surface area (Å²) >= 11 is 0. The molecule has 25 heavy (non-hydrogen) atoms. The second-order valence-electron chi connectivity index (χ2n) is 7.31. The number of nitrogens with zero attached hydrogens (tertiary/aromatic N) is 2. The van der Waals surface area contributed by atoms with Crippen molar-refractivity contribution in [2.45, 2.75) is 45.4 Å². The van der Waals surface area contributed by atoms with Crippen LogP contribution in [0.5, 0.6) is 0 Å². The number of fused-ring (bicyclic) bond motifs is 1. The summed E-state index contributed by atoms with van der Waals surface area (Å²) in [6, 6.07) is 8.22. The summed E-state index contributed by atoms with van der Waals surface area (Å²) in [4.78, 5) is 24.0. The minimum Gasteiger partial charge on any atom is -0.361 e. The van der Waals surface area contributed by atoms with Gasteiger partial charge >= 0.3 is 0 Å². The Bertz CT molecular complexity index is 859. The van der Waals surface area contributed by atoms with Gasteiger partial charge in [-0.15, -0.1) is 0 Å². The van der Waals surface area contributed by atoms with Gasteiger partial charge in [-0.2, -0.15) is 0 Å². The maximum atomic E-state index is 12.1. The Kier molecular flexibility index (Phi) is 4.83. The first-order chi connectivity index (χ1) is 11.9. The molecule has 0 bridgehead atoms. The number of carbonyl (C=O) groups is 1. The zero-order valence-corrected chi connectivity index (χ0v) is 15.0. The molecule has 3 rings (SSSR count). The van der Waals surface area contributed by atoms with Crippen LogP contribution in [-0.2, 0) is 16.6 Å². The van der Waals surface area contributed by atoms with Crippen molar-refractivity contribution in [3.63, 3.8) is 0 Å². The first kappa shape index (κ1) is 17.1. The van der Waals surface area contributed by atoms with Crippen molar-refractivity contribution in [2.24, 2.45) is 0 Å². The number of H-pyrrole nitrogens is 1. The molecule has 2 N–H and O–H groups in total. The van der Waals surface area contributed by atoms with Crippen molar-refractivity contribution in [3.05, 3.63) is 54.2 Å². The van der Waals surface area contributed by atoms with Crippen LogP contribution >= 0.6 is 0 Å². The molecule has 0 unspecified atom stereocenters. The lowest BCUT2D eigenvalue weighted by atomic mass is 9.96. The third-order valence-electron chi connectivity index (χ3n) is 4.13. The molecule has 0 aliphatic rings. The van der Waals surface area contributed by atoms with Gasteiger partial charge in [0.25, 0.3) is 0 Å². The number of aryl methyl sites for hydroxylation is 1. The first-order valence-electron chi connectivity index (χ1n) is 8.61. The van der Waals surface area contributed by atoms with E-state index in [-0.39, 0.29) is 11.3 Å². The molecule has 0 radical (unpaired) electrons. The number of nitrogens with one attached hydrogen (secondary N) is 2. The van der Waals surface area contributed by atoms with Crippen LogP contribution in [-0.4, -0.2) is 20.9 Å². The van der Waals surface area contributed by atoms with Gasteiger partial charge in [0.1, 0.15) is 5.82 Å². The second-order valence-corrected chi connectivity index (χ2v) is 7.31. The van der Waals surface area contributed by atoms with E-state index in [1.165, 1.54) is 10.9 Å². The van der Waals surface area contributed by atoms with Gasteiger partial charge in [0.05, 0.1) is 18.1 Å². The van der Waals surface area contributed by atoms with Crippen molar-refractivity contribution in [1.29, 1.82) is 0 Å². The predicted octanol–water partition coefficient (Wildman–Crippen LogP) is 4.22. The predicted molar refractivity (Wildman–Crippen MR) is 101 cm³/mol. The fourth-order valence-corrected chi connectivity index (χ4v) is 2.78. The molecule has 0 atom stereocenters. The van der Waals surface area contributed by atoms with E-state index >= 15 is 0 Å². The van der Waals surface area contributed by atoms with E-state index in [0.717, 1.165) is 24.2 Å². The minimum atomic E-state index is -0.0954. The third-order valence-corrected chi connectivity index (χ3v) is 4.13. The fraction of sp³-hybridized carbons (Fsp3) is 0.350. The van der Waals surface area contributed by atoms with Crippen LogP contribution in [0.2, 0.25) is 0 Å². The van der Waals surface area contributed by atoms with Crippen molar-refractivity contribution >= 4 is 22.5 Å². The number of aromatic nitrogens is 3. The van der Waals surface area contributed by atoms with Crippen molar-refractivity contribution in [2.75, 3.05) is 5.32 Å². The summed E-state index contributed by atoms with van der Waals surface area (Å²) in [7, 11) is 0. The standard InChI is InChI=1S/C20H24N4O/c1-20(2,3)19-22-12-15(13-23-19)24-18(25)10-6-7-14-11-21-17-9-5-4-8-16(14)17/h4-5,8-9,11-13,21H,6-7,10H2,1-3H3,(H,24,25). The molecule has 2 aromatic heterocycles. The van der Waals surface area contributed by atoms with E-state index in [4.69, 9.17) is 0 Å². The third kappa shape index (κ3) is 4.24. The number of anilines is 1. The number of amides is 1. The highest BCUT2D eigenvalue weighted by atomic mass is 16.1. The summed E-state index contributed by atoms with van der Waals surface area (Å²) < 4.78 is 0. The Balaban J connectivity index is 1.51. The van der Waals surface area contributed by atoms with Gasteiger partial charge in [0.2, 0.25) is 5.91 Å². The van der Waals surface area contributed by atoms with Gasteiger partial charge in [0.15, 0.2) is 0 Å². The number of aromatic amines is 1. The molecule has 0 aliphatic heterocycles. The minimum absolute atomic E-state index is 0.00745. The number of para-hydroxylation sites is 1. The monoisotopic (exact) mass is 336 g/mol. The van der Waals surface area contributed by atoms with Crippen LogP contribution in [0, 0.1) is 0 Å². The lowest BCUT2D eigenvalue weighted by Gasteiger charge is -2.16. The van der Waals surface area contributed by atoms with E-state index < -0.39 is 0 Å². The van der Waals surface area contributed by atoms with E-state index in [1.807, 2.05) is 18.3 Å². The molecule has 0 saturated carbocycles. The molecule has 0 aliphatic carbocycles. The zero-order chi connectivity index (χ0) is 17.9. The van der Waals surface area contributed by atoms with E-state index in [2.05, 4.69) is 53.2 Å². The van der Waals surface area contributed by atoms with Gasteiger partial charge in [-0.3, -0.25) is 4.79 Å². The van der Waals surface area contributed by atoms with Gasteiger partial charge in [-0.1, -0.05) is 39.0 Å². The Morgan fingerprint density at radius 2 is 1.88 bits per heavy atom. The highest BCUT2D eigenvalue weighted by molar-refractivity contribution is 5.90. The smallest absolute Gasteiger partial charge is 0.224 e. The topological polar surface area (TPSA) is 70.7 Å². The summed E-state index contributed by atoms with van der Waals surface area (Å²) in [5.41, 5.74) is 2.94. The Morgan fingerprint density at radius 1 is 1.16 bits per heavy atom. The van der Waals surface area contributed by atoms with E-state index in [0.29, 0.717) is 12.1 Å². The zero-order valence-electron chi connectivity index (χ0n) is 15.0. The molecule has 130 valence electrons. The Labute approximate surface area is 147 Å². The SMILES string of the molecule is CC(C)(C)c1ncc(NC(=O)CCCc2c[nH]c3ccccc23)cn1. The summed E-state index contributed by atoms with van der Waals surface area (Å²) in [6.45, 7) is 6.18. The maximum Gasteiger partial charge on any atom is 0.224 e. The molecular formula is C20H24N4O. The summed E-state index contributed by atoms with van der Waals surface area (Å²) in [5.74, 6) is 0.761. The molecule has 0 spiro atoms. The summed E-state index contributed by atoms with van der Waals surface area (Å²) in [5, 5.41) is 4.10. The molecule has 5 nitrogen and oxygen atoms in total. The Morgan fingerprint density at radius 3 is 2.60 bits per heavy atom. The average molecular weight is 336 g/mol. The maximum absolute atomic E-state index is 12.1. The van der Waals surface area contributed by atoms with Crippen LogP contribution < -0.4 is 5.32 Å². The van der Waals surface area contributed by atoms with Crippen LogP contribution in [0.1, 0.15) is 45.0 Å². The number of hydrogen-bond donors (Lipinski definition) is 2. The molecule has 3 aromatic rings. The highest BCUT2D eigenvalue weighted by Crippen LogP contribution is 2.20. The normalized spacial score (nSPS) is 11.6. The van der Waals surface area contributed by atoms with Gasteiger partial charge in [-0.05, 0) is 24.5 Å². The quantitative estimate of drug-likeness (QED) is 0.733. The summed E-state index contributed by atoms with van der Waals surface area (Å²) in [6.07, 6.45) is 7.52. The van der Waals surface area contributed by atoms with Crippen molar-refractivity contribution in [1.82, 2.24) is 15.0 Å². The lowest BCUT2D eigenvalue weighted by molar-refractivity contribution is -0.116. The van der Waals surface area contributed by atoms with E-state index in [9.17, 15) is 4.79 Å². The van der Waals surface area contributed by atoms with Crippen LogP contribution in [0.15, 0.2) is 42.9 Å². The van der Waals surface area contributed by atoms with Crippen molar-refractivity contribution < 1.29 is 4.79 Å². The average Bonchev–Trinajstić information content (AvgIpc) is 2.98. The van der Waals surface area contributed by atoms with Crippen LogP contribution in [0.4, 0.5) is 5.69 Å². The molecule has 5 heteroatoms. The van der Waals surface area contributed by atoms with E-state index in [1.54, 1.807) is 12.4 Å². The van der Waals surface area contributed by atoms with Gasteiger partial charge < -0.3 is 10.3 Å². The highest BCUT2D eigenvalue weighted by Gasteiger charge is 2.16. The molecule has 0 fully saturated rings. The van der Waals surface area contributed by atoms with Gasteiger partial charge in [0, 0.05) is 28.9 Å².